The number of fused-ring (bicyclic) bond motifs is 2. The fourth-order valence-electron chi connectivity index (χ4n) is 5.50. The van der Waals surface area contributed by atoms with Gasteiger partial charge in [-0.05, 0) is 67.4 Å². The molecule has 3 aliphatic carbocycles. The van der Waals surface area contributed by atoms with Gasteiger partial charge in [-0.2, -0.15) is 0 Å². The highest BCUT2D eigenvalue weighted by Crippen LogP contribution is 2.63. The topological polar surface area (TPSA) is 40.5 Å². The molecule has 3 rings (SSSR count). The van der Waals surface area contributed by atoms with Gasteiger partial charge in [0.2, 0.25) is 0 Å². The lowest BCUT2D eigenvalue weighted by Gasteiger charge is -2.51. The van der Waals surface area contributed by atoms with Crippen LogP contribution in [0.1, 0.15) is 72.6 Å². The number of hydrogen-bond acceptors (Lipinski definition) is 2. The molecule has 0 aliphatic heterocycles. The van der Waals surface area contributed by atoms with Crippen LogP contribution in [0.5, 0.6) is 0 Å². The third-order valence-corrected chi connectivity index (χ3v) is 7.32. The quantitative estimate of drug-likeness (QED) is 0.706. The number of rotatable bonds is 1. The summed E-state index contributed by atoms with van der Waals surface area (Å²) in [6.45, 7) is 12.9. The Kier molecular flexibility index (Phi) is 3.48. The van der Waals surface area contributed by atoms with E-state index in [1.54, 1.807) is 0 Å². The standard InChI is InChI=1S/C20H32O2/c1-14(2)19(21)12-11-17(4)13-20(22)15(3)7-6-9-18(20,5)10-8-16(17)19/h8,14,21-22H,3,6-7,9-13H2,1-2,4-5H3. The predicted octanol–water partition coefficient (Wildman–Crippen LogP) is 4.37. The summed E-state index contributed by atoms with van der Waals surface area (Å²) >= 11 is 0. The van der Waals surface area contributed by atoms with Gasteiger partial charge in [-0.15, -0.1) is 0 Å². The highest BCUT2D eigenvalue weighted by atomic mass is 16.3. The molecule has 2 nitrogen and oxygen atoms in total. The van der Waals surface area contributed by atoms with Gasteiger partial charge in [0, 0.05) is 5.41 Å². The second kappa shape index (κ2) is 4.70. The van der Waals surface area contributed by atoms with Crippen LogP contribution in [0, 0.1) is 16.7 Å². The predicted molar refractivity (Wildman–Crippen MR) is 90.5 cm³/mol. The number of hydrogen-bond donors (Lipinski definition) is 2. The van der Waals surface area contributed by atoms with Crippen molar-refractivity contribution in [1.29, 1.82) is 0 Å². The second-order valence-electron chi connectivity index (χ2n) is 9.02. The molecular weight excluding hydrogens is 272 g/mol. The van der Waals surface area contributed by atoms with E-state index in [0.29, 0.717) is 0 Å². The van der Waals surface area contributed by atoms with E-state index in [1.807, 2.05) is 0 Å². The Bertz CT molecular complexity index is 534. The summed E-state index contributed by atoms with van der Waals surface area (Å²) in [5.41, 5.74) is 0.465. The molecule has 2 heteroatoms. The first kappa shape index (κ1) is 16.3. The van der Waals surface area contributed by atoms with Crippen molar-refractivity contribution in [2.45, 2.75) is 83.8 Å². The van der Waals surface area contributed by atoms with Crippen molar-refractivity contribution in [3.8, 4) is 0 Å². The minimum absolute atomic E-state index is 0.105. The molecule has 0 aromatic carbocycles. The normalized spacial score (nSPS) is 48.7. The van der Waals surface area contributed by atoms with E-state index in [-0.39, 0.29) is 16.7 Å². The van der Waals surface area contributed by atoms with Crippen LogP contribution in [0.25, 0.3) is 0 Å². The molecule has 2 fully saturated rings. The average molecular weight is 304 g/mol. The van der Waals surface area contributed by atoms with Gasteiger partial charge in [0.1, 0.15) is 0 Å². The van der Waals surface area contributed by atoms with E-state index in [2.05, 4.69) is 40.3 Å². The summed E-state index contributed by atoms with van der Waals surface area (Å²) in [5.74, 6) is 0.214. The van der Waals surface area contributed by atoms with Crippen LogP contribution < -0.4 is 0 Å². The van der Waals surface area contributed by atoms with E-state index in [0.717, 1.165) is 50.5 Å². The zero-order valence-electron chi connectivity index (χ0n) is 14.7. The van der Waals surface area contributed by atoms with Crippen LogP contribution in [0.15, 0.2) is 23.8 Å². The Balaban J connectivity index is 2.09. The molecule has 0 saturated heterocycles. The van der Waals surface area contributed by atoms with Gasteiger partial charge >= 0.3 is 0 Å². The lowest BCUT2D eigenvalue weighted by molar-refractivity contribution is -0.0841. The molecule has 0 spiro atoms. The molecule has 2 N–H and O–H groups in total. The molecule has 0 aromatic heterocycles. The maximum atomic E-state index is 11.6. The maximum Gasteiger partial charge on any atom is 0.0918 e. The van der Waals surface area contributed by atoms with Crippen molar-refractivity contribution in [3.63, 3.8) is 0 Å². The maximum absolute atomic E-state index is 11.6. The van der Waals surface area contributed by atoms with Crippen LogP contribution in [0.2, 0.25) is 0 Å². The monoisotopic (exact) mass is 304 g/mol. The molecule has 3 aliphatic rings. The van der Waals surface area contributed by atoms with Crippen LogP contribution in [0.3, 0.4) is 0 Å². The lowest BCUT2D eigenvalue weighted by atomic mass is 9.57. The molecule has 22 heavy (non-hydrogen) atoms. The highest BCUT2D eigenvalue weighted by Gasteiger charge is 2.60. The second-order valence-corrected chi connectivity index (χ2v) is 9.02. The van der Waals surface area contributed by atoms with E-state index >= 15 is 0 Å². The summed E-state index contributed by atoms with van der Waals surface area (Å²) in [4.78, 5) is 0. The highest BCUT2D eigenvalue weighted by molar-refractivity contribution is 5.37. The van der Waals surface area contributed by atoms with E-state index < -0.39 is 11.2 Å². The third-order valence-electron chi connectivity index (χ3n) is 7.32. The molecule has 4 atom stereocenters. The Labute approximate surface area is 135 Å². The number of allylic oxidation sites excluding steroid dienone is 1. The van der Waals surface area contributed by atoms with Crippen LogP contribution in [0.4, 0.5) is 0 Å². The van der Waals surface area contributed by atoms with Gasteiger partial charge in [0.05, 0.1) is 11.2 Å². The zero-order valence-corrected chi connectivity index (χ0v) is 14.7. The van der Waals surface area contributed by atoms with Gasteiger partial charge in [-0.1, -0.05) is 40.3 Å². The van der Waals surface area contributed by atoms with Gasteiger partial charge in [0.15, 0.2) is 0 Å². The van der Waals surface area contributed by atoms with Gasteiger partial charge in [-0.3, -0.25) is 0 Å². The average Bonchev–Trinajstić information content (AvgIpc) is 2.62. The van der Waals surface area contributed by atoms with Crippen LogP contribution in [-0.4, -0.2) is 21.4 Å². The van der Waals surface area contributed by atoms with Crippen molar-refractivity contribution in [1.82, 2.24) is 0 Å². The van der Waals surface area contributed by atoms with Crippen molar-refractivity contribution in [2.24, 2.45) is 16.7 Å². The first-order valence-corrected chi connectivity index (χ1v) is 8.92. The molecule has 124 valence electrons. The largest absolute Gasteiger partial charge is 0.385 e. The van der Waals surface area contributed by atoms with Crippen molar-refractivity contribution in [3.05, 3.63) is 23.8 Å². The summed E-state index contributed by atoms with van der Waals surface area (Å²) in [6, 6.07) is 0. The fraction of sp³-hybridized carbons (Fsp3) is 0.800. The van der Waals surface area contributed by atoms with Gasteiger partial charge in [0.25, 0.3) is 0 Å². The SMILES string of the molecule is C=C1CCCC2(C)CC=C3C(C)(CCC3(O)C(C)C)CC12O. The smallest absolute Gasteiger partial charge is 0.0918 e. The molecule has 2 saturated carbocycles. The van der Waals surface area contributed by atoms with E-state index in [4.69, 9.17) is 0 Å². The van der Waals surface area contributed by atoms with E-state index in [1.165, 1.54) is 5.57 Å². The minimum Gasteiger partial charge on any atom is -0.385 e. The third kappa shape index (κ3) is 1.93. The van der Waals surface area contributed by atoms with Crippen molar-refractivity contribution in [2.75, 3.05) is 0 Å². The zero-order chi connectivity index (χ0) is 16.4. The lowest BCUT2D eigenvalue weighted by Crippen LogP contribution is -2.51. The molecule has 4 unspecified atom stereocenters. The molecule has 0 aromatic rings. The summed E-state index contributed by atoms with van der Waals surface area (Å²) in [7, 11) is 0. The van der Waals surface area contributed by atoms with Crippen LogP contribution >= 0.6 is 0 Å². The molecule has 0 amide bonds. The van der Waals surface area contributed by atoms with Gasteiger partial charge < -0.3 is 10.2 Å². The molecule has 0 bridgehead atoms. The summed E-state index contributed by atoms with van der Waals surface area (Å²) in [5, 5.41) is 22.9. The Morgan fingerprint density at radius 3 is 2.45 bits per heavy atom. The first-order valence-electron chi connectivity index (χ1n) is 8.92. The molecule has 0 heterocycles. The minimum atomic E-state index is -0.791. The summed E-state index contributed by atoms with van der Waals surface area (Å²) in [6.07, 6.45) is 8.72. The Hall–Kier alpha value is -0.600. The van der Waals surface area contributed by atoms with Crippen molar-refractivity contribution < 1.29 is 10.2 Å². The summed E-state index contributed by atoms with van der Waals surface area (Å²) < 4.78 is 0. The van der Waals surface area contributed by atoms with Crippen molar-refractivity contribution >= 4 is 0 Å². The Morgan fingerprint density at radius 1 is 1.14 bits per heavy atom. The van der Waals surface area contributed by atoms with E-state index in [9.17, 15) is 10.2 Å². The first-order chi connectivity index (χ1) is 10.1. The van der Waals surface area contributed by atoms with Crippen LogP contribution in [-0.2, 0) is 0 Å². The molecular formula is C20H32O2. The molecule has 0 radical (unpaired) electrons. The fourth-order valence-corrected chi connectivity index (χ4v) is 5.50. The van der Waals surface area contributed by atoms with Gasteiger partial charge in [-0.25, -0.2) is 0 Å². The number of aliphatic hydroxyl groups is 2. The Morgan fingerprint density at radius 2 is 1.82 bits per heavy atom.